The van der Waals surface area contributed by atoms with Crippen LogP contribution in [-0.2, 0) is 9.59 Å². The summed E-state index contributed by atoms with van der Waals surface area (Å²) in [6.45, 7) is -0.626. The van der Waals surface area contributed by atoms with Crippen molar-refractivity contribution in [1.82, 2.24) is 5.32 Å². The molecule has 0 heterocycles. The fourth-order valence-corrected chi connectivity index (χ4v) is 0.276. The minimum absolute atomic E-state index is 0. The van der Waals surface area contributed by atoms with Gasteiger partial charge >= 0.3 is 41.5 Å². The number of hydrogen-bond donors (Lipinski definition) is 3. The molecule has 0 spiro atoms. The molecule has 0 aromatic rings. The van der Waals surface area contributed by atoms with Crippen LogP contribution in [0.4, 0.5) is 0 Å². The fraction of sp³-hybridized carbons (Fsp3) is 0.500. The predicted octanol–water partition coefficient (Wildman–Crippen LogP) is -7.25. The van der Waals surface area contributed by atoms with Gasteiger partial charge in [-0.05, 0) is 0 Å². The number of hydrogen-bond acceptors (Lipinski definition) is 3. The molecule has 0 aliphatic rings. The molecular formula is C4H7ClNNaO4. The Morgan fingerprint density at radius 1 is 1.09 bits per heavy atom. The molecule has 0 aromatic heterocycles. The summed E-state index contributed by atoms with van der Waals surface area (Å²) in [5, 5.41) is 18.1. The van der Waals surface area contributed by atoms with Crippen LogP contribution in [0.15, 0.2) is 0 Å². The number of aliphatic carboxylic acids is 2. The molecule has 0 rings (SSSR count). The van der Waals surface area contributed by atoms with Crippen molar-refractivity contribution in [1.29, 1.82) is 0 Å². The Balaban J connectivity index is -0.000000320. The van der Waals surface area contributed by atoms with Crippen molar-refractivity contribution in [3.63, 3.8) is 0 Å². The summed E-state index contributed by atoms with van der Waals surface area (Å²) >= 11 is 0. The predicted molar refractivity (Wildman–Crippen MR) is 28.1 cm³/mol. The molecule has 0 saturated heterocycles. The number of halogens is 1. The molecule has 0 atom stereocenters. The van der Waals surface area contributed by atoms with Gasteiger partial charge in [0, 0.05) is 0 Å². The van der Waals surface area contributed by atoms with Crippen molar-refractivity contribution in [2.24, 2.45) is 0 Å². The molecule has 0 aromatic carbocycles. The Labute approximate surface area is 91.9 Å². The summed E-state index contributed by atoms with van der Waals surface area (Å²) in [4.78, 5) is 19.5. The van der Waals surface area contributed by atoms with Crippen LogP contribution >= 0.6 is 0 Å². The minimum Gasteiger partial charge on any atom is -1.00 e. The second-order valence-electron chi connectivity index (χ2n) is 1.39. The van der Waals surface area contributed by atoms with E-state index in [1.165, 1.54) is 0 Å². The number of rotatable bonds is 4. The van der Waals surface area contributed by atoms with Crippen LogP contribution in [0.3, 0.4) is 0 Å². The first kappa shape index (κ1) is 17.3. The SMILES string of the molecule is O=C(O)CNCC(=O)O.[Cl-].[Na+]. The smallest absolute Gasteiger partial charge is 1.00 e. The molecule has 0 aliphatic carbocycles. The van der Waals surface area contributed by atoms with E-state index in [1.54, 1.807) is 0 Å². The Morgan fingerprint density at radius 3 is 1.55 bits per heavy atom. The summed E-state index contributed by atoms with van der Waals surface area (Å²) < 4.78 is 0. The van der Waals surface area contributed by atoms with Crippen LogP contribution in [0, 0.1) is 0 Å². The van der Waals surface area contributed by atoms with E-state index in [0.717, 1.165) is 0 Å². The molecule has 60 valence electrons. The van der Waals surface area contributed by atoms with Crippen molar-refractivity contribution in [3.8, 4) is 0 Å². The second-order valence-corrected chi connectivity index (χ2v) is 1.39. The molecule has 3 N–H and O–H groups in total. The van der Waals surface area contributed by atoms with E-state index in [-0.39, 0.29) is 55.1 Å². The van der Waals surface area contributed by atoms with Crippen molar-refractivity contribution in [3.05, 3.63) is 0 Å². The minimum atomic E-state index is -1.06. The molecule has 7 heteroatoms. The molecule has 0 radical (unpaired) electrons. The van der Waals surface area contributed by atoms with Crippen LogP contribution in [0.5, 0.6) is 0 Å². The molecule has 11 heavy (non-hydrogen) atoms. The van der Waals surface area contributed by atoms with Gasteiger partial charge in [0.25, 0.3) is 0 Å². The van der Waals surface area contributed by atoms with E-state index in [1.807, 2.05) is 0 Å². The van der Waals surface area contributed by atoms with E-state index in [0.29, 0.717) is 0 Å². The summed E-state index contributed by atoms with van der Waals surface area (Å²) in [5.74, 6) is -2.12. The van der Waals surface area contributed by atoms with E-state index >= 15 is 0 Å². The maximum Gasteiger partial charge on any atom is 1.00 e. The third-order valence-electron chi connectivity index (χ3n) is 0.552. The van der Waals surface area contributed by atoms with E-state index in [9.17, 15) is 9.59 Å². The van der Waals surface area contributed by atoms with Gasteiger partial charge in [0.05, 0.1) is 13.1 Å². The zero-order valence-electron chi connectivity index (χ0n) is 6.00. The summed E-state index contributed by atoms with van der Waals surface area (Å²) in [6.07, 6.45) is 0. The molecular weight excluding hydrogens is 184 g/mol. The molecule has 5 nitrogen and oxygen atoms in total. The monoisotopic (exact) mass is 191 g/mol. The summed E-state index contributed by atoms with van der Waals surface area (Å²) in [5.41, 5.74) is 0. The van der Waals surface area contributed by atoms with Gasteiger partial charge in [-0.15, -0.1) is 0 Å². The van der Waals surface area contributed by atoms with Crippen molar-refractivity contribution < 1.29 is 61.8 Å². The maximum absolute atomic E-state index is 9.73. The topological polar surface area (TPSA) is 86.6 Å². The third-order valence-corrected chi connectivity index (χ3v) is 0.552. The maximum atomic E-state index is 9.73. The molecule has 0 amide bonds. The van der Waals surface area contributed by atoms with Crippen molar-refractivity contribution >= 4 is 11.9 Å². The Bertz CT molecular complexity index is 117. The Kier molecular flexibility index (Phi) is 16.0. The first-order chi connectivity index (χ1) is 4.13. The van der Waals surface area contributed by atoms with Gasteiger partial charge in [0.1, 0.15) is 0 Å². The van der Waals surface area contributed by atoms with Crippen molar-refractivity contribution in [2.45, 2.75) is 0 Å². The van der Waals surface area contributed by atoms with Gasteiger partial charge in [-0.3, -0.25) is 14.9 Å². The third kappa shape index (κ3) is 17.8. The van der Waals surface area contributed by atoms with Gasteiger partial charge in [0.2, 0.25) is 0 Å². The quantitative estimate of drug-likeness (QED) is 0.385. The zero-order valence-corrected chi connectivity index (χ0v) is 8.76. The van der Waals surface area contributed by atoms with Crippen molar-refractivity contribution in [2.75, 3.05) is 13.1 Å². The van der Waals surface area contributed by atoms with Gasteiger partial charge in [-0.2, -0.15) is 0 Å². The molecule has 0 aliphatic heterocycles. The molecule has 0 fully saturated rings. The number of carbonyl (C=O) groups is 2. The standard InChI is InChI=1S/C4H7NO4.ClH.Na/c6-3(7)1-5-2-4(8)9;;/h5H,1-2H2,(H,6,7)(H,8,9);1H;/q;;+1/p-1. The fourth-order valence-electron chi connectivity index (χ4n) is 0.276. The van der Waals surface area contributed by atoms with Crippen LogP contribution < -0.4 is 47.3 Å². The normalized spacial score (nSPS) is 7.27. The molecule has 0 saturated carbocycles. The van der Waals surface area contributed by atoms with E-state index in [4.69, 9.17) is 10.2 Å². The first-order valence-corrected chi connectivity index (χ1v) is 2.27. The van der Waals surface area contributed by atoms with Gasteiger partial charge < -0.3 is 22.6 Å². The number of nitrogens with one attached hydrogen (secondary N) is 1. The van der Waals surface area contributed by atoms with Crippen LogP contribution in [0.25, 0.3) is 0 Å². The summed E-state index contributed by atoms with van der Waals surface area (Å²) in [7, 11) is 0. The summed E-state index contributed by atoms with van der Waals surface area (Å²) in [6, 6.07) is 0. The van der Waals surface area contributed by atoms with Gasteiger partial charge in [0.15, 0.2) is 0 Å². The Hall–Kier alpha value is 0.190. The molecule has 0 bridgehead atoms. The number of carboxylic acids is 2. The van der Waals surface area contributed by atoms with E-state index < -0.39 is 11.9 Å². The largest absolute Gasteiger partial charge is 1.00 e. The Morgan fingerprint density at radius 2 is 1.36 bits per heavy atom. The number of carboxylic acid groups (broad SMARTS) is 2. The van der Waals surface area contributed by atoms with Crippen LogP contribution in [0.2, 0.25) is 0 Å². The molecule has 0 unspecified atom stereocenters. The van der Waals surface area contributed by atoms with Gasteiger partial charge in [-0.25, -0.2) is 0 Å². The van der Waals surface area contributed by atoms with Gasteiger partial charge in [-0.1, -0.05) is 0 Å². The van der Waals surface area contributed by atoms with Crippen LogP contribution in [-0.4, -0.2) is 35.2 Å². The first-order valence-electron chi connectivity index (χ1n) is 2.27. The van der Waals surface area contributed by atoms with Crippen LogP contribution in [0.1, 0.15) is 0 Å². The average Bonchev–Trinajstić information content (AvgIpc) is 1.63. The zero-order chi connectivity index (χ0) is 7.28. The van der Waals surface area contributed by atoms with E-state index in [2.05, 4.69) is 5.32 Å². The second kappa shape index (κ2) is 10.2. The average molecular weight is 192 g/mol.